The highest BCUT2D eigenvalue weighted by molar-refractivity contribution is 8.01. The normalized spacial score (nSPS) is 19.3. The number of thioether (sulfide) groups is 1. The largest absolute Gasteiger partial charge is 0.497 e. The molecular weight excluding hydrogens is 328 g/mol. The zero-order valence-corrected chi connectivity index (χ0v) is 14.4. The first-order chi connectivity index (χ1) is 9.84. The Hall–Kier alpha value is -0.990. The molecule has 1 aromatic carbocycles. The summed E-state index contributed by atoms with van der Waals surface area (Å²) in [5.41, 5.74) is 7.17. The van der Waals surface area contributed by atoms with E-state index in [9.17, 15) is 8.42 Å². The summed E-state index contributed by atoms with van der Waals surface area (Å²) in [7, 11) is -1.64. The maximum absolute atomic E-state index is 12.1. The minimum absolute atomic E-state index is 0.248. The van der Waals surface area contributed by atoms with Crippen LogP contribution in [-0.4, -0.2) is 50.2 Å². The molecular formula is C13H18N2O3S3. The van der Waals surface area contributed by atoms with Crippen LogP contribution in [0.2, 0.25) is 0 Å². The molecule has 2 rings (SSSR count). The van der Waals surface area contributed by atoms with Gasteiger partial charge in [-0.25, -0.2) is 8.42 Å². The van der Waals surface area contributed by atoms with Crippen molar-refractivity contribution in [3.8, 4) is 5.75 Å². The van der Waals surface area contributed by atoms with Gasteiger partial charge in [0.15, 0.2) is 9.84 Å². The molecule has 1 heterocycles. The van der Waals surface area contributed by atoms with E-state index >= 15 is 0 Å². The van der Waals surface area contributed by atoms with Crippen LogP contribution in [0.5, 0.6) is 5.75 Å². The molecule has 0 saturated carbocycles. The third-order valence-corrected chi connectivity index (χ3v) is 6.22. The third kappa shape index (κ3) is 3.61. The van der Waals surface area contributed by atoms with Crippen LogP contribution in [0.4, 0.5) is 5.69 Å². The molecule has 0 aromatic heterocycles. The molecule has 1 fully saturated rings. The standard InChI is InChI=1S/C13H18N2O3S3/c1-18-9-3-4-10(13(14)19)11(7-9)15-5-6-20-8-12(15)21(2,16)17/h3-4,7,12H,5-6,8H2,1-2H3,(H2,14,19). The van der Waals surface area contributed by atoms with Gasteiger partial charge in [0.1, 0.15) is 16.1 Å². The molecule has 21 heavy (non-hydrogen) atoms. The molecule has 0 bridgehead atoms. The summed E-state index contributed by atoms with van der Waals surface area (Å²) in [6, 6.07) is 5.34. The summed E-state index contributed by atoms with van der Waals surface area (Å²) in [6.45, 7) is 0.630. The topological polar surface area (TPSA) is 72.6 Å². The second kappa shape index (κ2) is 6.41. The smallest absolute Gasteiger partial charge is 0.169 e. The van der Waals surface area contributed by atoms with E-state index in [0.717, 1.165) is 11.4 Å². The zero-order chi connectivity index (χ0) is 15.6. The van der Waals surface area contributed by atoms with Gasteiger partial charge in [0.2, 0.25) is 0 Å². The molecule has 0 amide bonds. The van der Waals surface area contributed by atoms with E-state index in [1.54, 1.807) is 37.1 Å². The van der Waals surface area contributed by atoms with Crippen LogP contribution in [0, 0.1) is 0 Å². The average molecular weight is 346 g/mol. The second-order valence-corrected chi connectivity index (χ2v) is 8.59. The van der Waals surface area contributed by atoms with E-state index in [1.165, 1.54) is 6.26 Å². The van der Waals surface area contributed by atoms with Gasteiger partial charge in [0, 0.05) is 35.9 Å². The van der Waals surface area contributed by atoms with Crippen LogP contribution in [0.3, 0.4) is 0 Å². The number of methoxy groups -OCH3 is 1. The fourth-order valence-corrected chi connectivity index (χ4v) is 5.30. The monoisotopic (exact) mass is 346 g/mol. The molecule has 0 radical (unpaired) electrons. The Balaban J connectivity index is 2.53. The summed E-state index contributed by atoms with van der Waals surface area (Å²) >= 11 is 6.72. The molecule has 5 nitrogen and oxygen atoms in total. The molecule has 8 heteroatoms. The Morgan fingerprint density at radius 3 is 2.81 bits per heavy atom. The number of anilines is 1. The summed E-state index contributed by atoms with van der Waals surface area (Å²) in [4.78, 5) is 2.11. The molecule has 1 unspecified atom stereocenters. The molecule has 1 atom stereocenters. The molecule has 1 aromatic rings. The van der Waals surface area contributed by atoms with Gasteiger partial charge in [-0.15, -0.1) is 0 Å². The van der Waals surface area contributed by atoms with Crippen molar-refractivity contribution < 1.29 is 13.2 Å². The molecule has 2 N–H and O–H groups in total. The van der Waals surface area contributed by atoms with E-state index in [-0.39, 0.29) is 4.99 Å². The Labute approximate surface area is 134 Å². The van der Waals surface area contributed by atoms with Crippen LogP contribution >= 0.6 is 24.0 Å². The number of benzene rings is 1. The van der Waals surface area contributed by atoms with Crippen LogP contribution in [0.25, 0.3) is 0 Å². The molecule has 1 saturated heterocycles. The van der Waals surface area contributed by atoms with E-state index in [2.05, 4.69) is 0 Å². The maximum atomic E-state index is 12.1. The lowest BCUT2D eigenvalue weighted by atomic mass is 10.1. The fourth-order valence-electron chi connectivity index (χ4n) is 2.30. The highest BCUT2D eigenvalue weighted by Gasteiger charge is 2.32. The Bertz CT molecular complexity index is 646. The fraction of sp³-hybridized carbons (Fsp3) is 0.462. The number of sulfone groups is 1. The Kier molecular flexibility index (Phi) is 5.00. The lowest BCUT2D eigenvalue weighted by Crippen LogP contribution is -2.47. The molecule has 1 aliphatic heterocycles. The lowest BCUT2D eigenvalue weighted by Gasteiger charge is -2.37. The van der Waals surface area contributed by atoms with Crippen molar-refractivity contribution in [2.45, 2.75) is 5.37 Å². The maximum Gasteiger partial charge on any atom is 0.169 e. The number of hydrogen-bond acceptors (Lipinski definition) is 6. The van der Waals surface area contributed by atoms with Gasteiger partial charge in [0.05, 0.1) is 12.8 Å². The van der Waals surface area contributed by atoms with Gasteiger partial charge in [0.25, 0.3) is 0 Å². The van der Waals surface area contributed by atoms with Gasteiger partial charge in [-0.3, -0.25) is 0 Å². The van der Waals surface area contributed by atoms with E-state index < -0.39 is 15.2 Å². The first-order valence-electron chi connectivity index (χ1n) is 6.35. The van der Waals surface area contributed by atoms with Crippen LogP contribution in [0.1, 0.15) is 5.56 Å². The van der Waals surface area contributed by atoms with Gasteiger partial charge < -0.3 is 15.4 Å². The first-order valence-corrected chi connectivity index (χ1v) is 9.87. The number of thiocarbonyl (C=S) groups is 1. The highest BCUT2D eigenvalue weighted by atomic mass is 32.2. The Morgan fingerprint density at radius 1 is 1.52 bits per heavy atom. The summed E-state index contributed by atoms with van der Waals surface area (Å²) in [5.74, 6) is 2.04. The predicted molar refractivity (Wildman–Crippen MR) is 92.2 cm³/mol. The molecule has 1 aliphatic rings. The first kappa shape index (κ1) is 16.4. The van der Waals surface area contributed by atoms with Gasteiger partial charge in [-0.1, -0.05) is 12.2 Å². The van der Waals surface area contributed by atoms with Gasteiger partial charge in [-0.05, 0) is 12.1 Å². The highest BCUT2D eigenvalue weighted by Crippen LogP contribution is 2.32. The molecule has 116 valence electrons. The molecule has 0 spiro atoms. The zero-order valence-electron chi connectivity index (χ0n) is 11.9. The SMILES string of the molecule is COc1ccc(C(N)=S)c(N2CCSCC2S(C)(=O)=O)c1. The minimum atomic E-state index is -3.21. The van der Waals surface area contributed by atoms with Crippen molar-refractivity contribution in [2.24, 2.45) is 5.73 Å². The van der Waals surface area contributed by atoms with Crippen LogP contribution in [-0.2, 0) is 9.84 Å². The van der Waals surface area contributed by atoms with Crippen molar-refractivity contribution in [3.63, 3.8) is 0 Å². The van der Waals surface area contributed by atoms with Crippen LogP contribution < -0.4 is 15.4 Å². The van der Waals surface area contributed by atoms with Crippen molar-refractivity contribution in [2.75, 3.05) is 36.3 Å². The average Bonchev–Trinajstić information content (AvgIpc) is 2.45. The second-order valence-electron chi connectivity index (χ2n) is 4.80. The number of hydrogen-bond donors (Lipinski definition) is 1. The lowest BCUT2D eigenvalue weighted by molar-refractivity contribution is 0.414. The van der Waals surface area contributed by atoms with Gasteiger partial charge in [-0.2, -0.15) is 11.8 Å². The van der Waals surface area contributed by atoms with Crippen LogP contribution in [0.15, 0.2) is 18.2 Å². The van der Waals surface area contributed by atoms with Crippen molar-refractivity contribution in [1.29, 1.82) is 0 Å². The minimum Gasteiger partial charge on any atom is -0.497 e. The van der Waals surface area contributed by atoms with E-state index in [4.69, 9.17) is 22.7 Å². The quantitative estimate of drug-likeness (QED) is 0.823. The van der Waals surface area contributed by atoms with Gasteiger partial charge >= 0.3 is 0 Å². The predicted octanol–water partition coefficient (Wildman–Crippen LogP) is 1.25. The van der Waals surface area contributed by atoms with Crippen molar-refractivity contribution in [3.05, 3.63) is 23.8 Å². The van der Waals surface area contributed by atoms with E-state index in [0.29, 0.717) is 23.6 Å². The summed E-state index contributed by atoms with van der Waals surface area (Å²) in [6.07, 6.45) is 1.26. The molecule has 0 aliphatic carbocycles. The van der Waals surface area contributed by atoms with Crippen molar-refractivity contribution >= 4 is 44.5 Å². The summed E-state index contributed by atoms with van der Waals surface area (Å²) < 4.78 is 29.3. The number of nitrogens with zero attached hydrogens (tertiary/aromatic N) is 1. The van der Waals surface area contributed by atoms with Crippen molar-refractivity contribution in [1.82, 2.24) is 0 Å². The number of rotatable bonds is 4. The number of nitrogens with two attached hydrogens (primary N) is 1. The third-order valence-electron chi connectivity index (χ3n) is 3.36. The Morgan fingerprint density at radius 2 is 2.24 bits per heavy atom. The van der Waals surface area contributed by atoms with E-state index in [1.807, 2.05) is 4.90 Å². The summed E-state index contributed by atoms with van der Waals surface area (Å²) in [5, 5.41) is -0.573. The number of ether oxygens (including phenoxy) is 1.